The monoisotopic (exact) mass is 265 g/mol. The summed E-state index contributed by atoms with van der Waals surface area (Å²) < 4.78 is 19.2. The van der Waals surface area contributed by atoms with Crippen LogP contribution in [0.2, 0.25) is 0 Å². The molecule has 3 rings (SSSR count). The fraction of sp³-hybridized carbons (Fsp3) is 0.600. The molecule has 0 saturated carbocycles. The van der Waals surface area contributed by atoms with E-state index in [0.717, 1.165) is 32.4 Å². The average Bonchev–Trinajstić information content (AvgIpc) is 2.98. The van der Waals surface area contributed by atoms with Crippen molar-refractivity contribution in [1.29, 1.82) is 0 Å². The number of nitrogens with zero attached hydrogens (tertiary/aromatic N) is 1. The molecule has 2 unspecified atom stereocenters. The maximum atomic E-state index is 14.2. The highest BCUT2D eigenvalue weighted by Gasteiger charge is 2.48. The molecule has 2 saturated heterocycles. The van der Waals surface area contributed by atoms with Gasteiger partial charge in [-0.2, -0.15) is 0 Å². The summed E-state index contributed by atoms with van der Waals surface area (Å²) in [5.41, 5.74) is -0.237. The van der Waals surface area contributed by atoms with Crippen LogP contribution < -0.4 is 4.74 Å². The number of fused-ring (bicyclic) bond motifs is 1. The van der Waals surface area contributed by atoms with Crippen LogP contribution in [0.4, 0.5) is 4.39 Å². The third-order valence-electron chi connectivity index (χ3n) is 4.58. The van der Waals surface area contributed by atoms with Gasteiger partial charge < -0.3 is 9.84 Å². The lowest BCUT2D eigenvalue weighted by Crippen LogP contribution is -2.43. The van der Waals surface area contributed by atoms with Gasteiger partial charge in [-0.1, -0.05) is 12.1 Å². The molecule has 2 aliphatic heterocycles. The third-order valence-corrected chi connectivity index (χ3v) is 4.58. The Kier molecular flexibility index (Phi) is 3.23. The normalized spacial score (nSPS) is 30.6. The van der Waals surface area contributed by atoms with Crippen LogP contribution in [0.25, 0.3) is 0 Å². The number of benzene rings is 1. The number of rotatable bonds is 3. The molecular weight excluding hydrogens is 245 g/mol. The number of methoxy groups -OCH3 is 1. The summed E-state index contributed by atoms with van der Waals surface area (Å²) in [5, 5.41) is 10.9. The molecule has 2 heterocycles. The largest absolute Gasteiger partial charge is 0.494 e. The van der Waals surface area contributed by atoms with Crippen molar-refractivity contribution in [3.8, 4) is 5.75 Å². The second-order valence-corrected chi connectivity index (χ2v) is 5.66. The Bertz CT molecular complexity index is 479. The topological polar surface area (TPSA) is 32.7 Å². The van der Waals surface area contributed by atoms with Crippen LogP contribution in [0, 0.1) is 5.82 Å². The van der Waals surface area contributed by atoms with Gasteiger partial charge in [0, 0.05) is 19.0 Å². The summed E-state index contributed by atoms with van der Waals surface area (Å²) >= 11 is 0. The van der Waals surface area contributed by atoms with E-state index in [-0.39, 0.29) is 17.6 Å². The molecule has 0 spiro atoms. The highest BCUT2D eigenvalue weighted by atomic mass is 19.1. The first-order valence-electron chi connectivity index (χ1n) is 6.92. The zero-order chi connectivity index (χ0) is 13.5. The van der Waals surface area contributed by atoms with Crippen LogP contribution in [0.3, 0.4) is 0 Å². The molecule has 1 N–H and O–H groups in total. The Hall–Kier alpha value is -1.13. The van der Waals surface area contributed by atoms with Crippen molar-refractivity contribution in [2.24, 2.45) is 0 Å². The zero-order valence-corrected chi connectivity index (χ0v) is 11.2. The molecule has 0 bridgehead atoms. The maximum Gasteiger partial charge on any atom is 0.168 e. The molecule has 2 aliphatic rings. The van der Waals surface area contributed by atoms with Crippen molar-refractivity contribution >= 4 is 0 Å². The van der Waals surface area contributed by atoms with Gasteiger partial charge in [0.2, 0.25) is 0 Å². The molecular formula is C15H20FNO2. The standard InChI is InChI=1S/C15H20FNO2/c1-19-12-5-2-4-11(14(12)16)10-15(18)7-9-17-8-3-6-13(15)17/h2,4-5,13,18H,3,6-10H2,1H3. The molecule has 4 heteroatoms. The van der Waals surface area contributed by atoms with Gasteiger partial charge in [-0.05, 0) is 37.4 Å². The molecule has 2 atom stereocenters. The van der Waals surface area contributed by atoms with Gasteiger partial charge in [-0.3, -0.25) is 4.90 Å². The zero-order valence-electron chi connectivity index (χ0n) is 11.2. The van der Waals surface area contributed by atoms with E-state index in [0.29, 0.717) is 12.0 Å². The van der Waals surface area contributed by atoms with Crippen LogP contribution >= 0.6 is 0 Å². The Morgan fingerprint density at radius 3 is 3.11 bits per heavy atom. The van der Waals surface area contributed by atoms with E-state index in [2.05, 4.69) is 4.90 Å². The Morgan fingerprint density at radius 1 is 1.47 bits per heavy atom. The van der Waals surface area contributed by atoms with Crippen molar-refractivity contribution in [2.45, 2.75) is 37.3 Å². The lowest BCUT2D eigenvalue weighted by molar-refractivity contribution is 0.0133. The van der Waals surface area contributed by atoms with E-state index in [4.69, 9.17) is 4.74 Å². The fourth-order valence-electron chi connectivity index (χ4n) is 3.59. The van der Waals surface area contributed by atoms with E-state index in [1.165, 1.54) is 7.11 Å². The molecule has 1 aromatic rings. The van der Waals surface area contributed by atoms with E-state index < -0.39 is 5.60 Å². The van der Waals surface area contributed by atoms with Crippen molar-refractivity contribution < 1.29 is 14.2 Å². The van der Waals surface area contributed by atoms with Gasteiger partial charge >= 0.3 is 0 Å². The van der Waals surface area contributed by atoms with Crippen molar-refractivity contribution in [3.63, 3.8) is 0 Å². The van der Waals surface area contributed by atoms with Crippen LogP contribution in [0.5, 0.6) is 5.75 Å². The second-order valence-electron chi connectivity index (χ2n) is 5.66. The summed E-state index contributed by atoms with van der Waals surface area (Å²) in [6.45, 7) is 1.99. The molecule has 19 heavy (non-hydrogen) atoms. The quantitative estimate of drug-likeness (QED) is 0.907. The first-order valence-corrected chi connectivity index (χ1v) is 6.92. The van der Waals surface area contributed by atoms with Crippen LogP contribution in [-0.2, 0) is 6.42 Å². The van der Waals surface area contributed by atoms with Crippen LogP contribution in [0.1, 0.15) is 24.8 Å². The lowest BCUT2D eigenvalue weighted by Gasteiger charge is -2.30. The summed E-state index contributed by atoms with van der Waals surface area (Å²) in [7, 11) is 1.46. The summed E-state index contributed by atoms with van der Waals surface area (Å²) in [4.78, 5) is 2.33. The number of ether oxygens (including phenoxy) is 1. The van der Waals surface area contributed by atoms with Crippen molar-refractivity contribution in [1.82, 2.24) is 4.90 Å². The second kappa shape index (κ2) is 4.76. The third kappa shape index (κ3) is 2.13. The summed E-state index contributed by atoms with van der Waals surface area (Å²) in [6.07, 6.45) is 3.25. The van der Waals surface area contributed by atoms with Gasteiger partial charge in [0.15, 0.2) is 11.6 Å². The van der Waals surface area contributed by atoms with E-state index in [1.807, 2.05) is 0 Å². The molecule has 1 aromatic carbocycles. The predicted molar refractivity (Wildman–Crippen MR) is 70.8 cm³/mol. The number of halogens is 1. The van der Waals surface area contributed by atoms with Gasteiger partial charge in [0.25, 0.3) is 0 Å². The van der Waals surface area contributed by atoms with Crippen LogP contribution in [0.15, 0.2) is 18.2 Å². The predicted octanol–water partition coefficient (Wildman–Crippen LogP) is 1.98. The summed E-state index contributed by atoms with van der Waals surface area (Å²) in [6, 6.07) is 5.33. The highest BCUT2D eigenvalue weighted by Crippen LogP contribution is 2.39. The molecule has 0 amide bonds. The number of hydrogen-bond donors (Lipinski definition) is 1. The molecule has 104 valence electrons. The minimum absolute atomic E-state index is 0.193. The van der Waals surface area contributed by atoms with Crippen molar-refractivity contribution in [2.75, 3.05) is 20.2 Å². The molecule has 2 fully saturated rings. The lowest BCUT2D eigenvalue weighted by atomic mass is 9.86. The van der Waals surface area contributed by atoms with E-state index in [9.17, 15) is 9.50 Å². The minimum Gasteiger partial charge on any atom is -0.494 e. The fourth-order valence-corrected chi connectivity index (χ4v) is 3.59. The SMILES string of the molecule is COc1cccc(CC2(O)CCN3CCCC32)c1F. The summed E-state index contributed by atoms with van der Waals surface area (Å²) in [5.74, 6) is -0.0859. The minimum atomic E-state index is -0.788. The van der Waals surface area contributed by atoms with E-state index in [1.54, 1.807) is 18.2 Å². The molecule has 0 radical (unpaired) electrons. The van der Waals surface area contributed by atoms with Crippen molar-refractivity contribution in [3.05, 3.63) is 29.6 Å². The number of aliphatic hydroxyl groups is 1. The van der Waals surface area contributed by atoms with Gasteiger partial charge in [-0.15, -0.1) is 0 Å². The van der Waals surface area contributed by atoms with Crippen LogP contribution in [-0.4, -0.2) is 41.8 Å². The van der Waals surface area contributed by atoms with Gasteiger partial charge in [0.05, 0.1) is 12.7 Å². The first-order chi connectivity index (χ1) is 9.14. The van der Waals surface area contributed by atoms with E-state index >= 15 is 0 Å². The Labute approximate surface area is 113 Å². The molecule has 3 nitrogen and oxygen atoms in total. The van der Waals surface area contributed by atoms with Gasteiger partial charge in [-0.25, -0.2) is 4.39 Å². The average molecular weight is 265 g/mol. The molecule has 0 aliphatic carbocycles. The Balaban J connectivity index is 1.85. The number of hydrogen-bond acceptors (Lipinski definition) is 3. The first kappa shape index (κ1) is 12.9. The smallest absolute Gasteiger partial charge is 0.168 e. The van der Waals surface area contributed by atoms with Gasteiger partial charge in [0.1, 0.15) is 0 Å². The molecule has 0 aromatic heterocycles. The Morgan fingerprint density at radius 2 is 2.32 bits per heavy atom. The maximum absolute atomic E-state index is 14.2. The highest BCUT2D eigenvalue weighted by molar-refractivity contribution is 5.32.